The molecule has 2 aromatic carbocycles. The summed E-state index contributed by atoms with van der Waals surface area (Å²) >= 11 is 13.4. The molecule has 0 aliphatic carbocycles. The van der Waals surface area contributed by atoms with Gasteiger partial charge in [-0.15, -0.1) is 10.2 Å². The molecule has 1 aromatic heterocycles. The van der Waals surface area contributed by atoms with Gasteiger partial charge in [-0.2, -0.15) is 0 Å². The maximum absolute atomic E-state index is 12.6. The number of nitrogens with two attached hydrogens (primary N) is 1. The van der Waals surface area contributed by atoms with Gasteiger partial charge in [0.15, 0.2) is 5.82 Å². The first-order valence-corrected chi connectivity index (χ1v) is 10.6. The predicted molar refractivity (Wildman–Crippen MR) is 119 cm³/mol. The van der Waals surface area contributed by atoms with Gasteiger partial charge in [0, 0.05) is 15.6 Å². The summed E-state index contributed by atoms with van der Waals surface area (Å²) < 4.78 is 1.40. The van der Waals surface area contributed by atoms with Crippen molar-refractivity contribution in [3.8, 4) is 11.4 Å². The molecule has 0 bridgehead atoms. The van der Waals surface area contributed by atoms with Crippen molar-refractivity contribution in [2.45, 2.75) is 37.2 Å². The van der Waals surface area contributed by atoms with Crippen molar-refractivity contribution in [1.82, 2.24) is 20.2 Å². The van der Waals surface area contributed by atoms with Gasteiger partial charge in [0.2, 0.25) is 11.1 Å². The van der Waals surface area contributed by atoms with Gasteiger partial charge in [0.1, 0.15) is 0 Å². The molecule has 0 radical (unpaired) electrons. The van der Waals surface area contributed by atoms with Crippen LogP contribution in [0.15, 0.2) is 47.6 Å². The summed E-state index contributed by atoms with van der Waals surface area (Å²) in [6, 6.07) is 12.8. The molecule has 0 saturated carbocycles. The van der Waals surface area contributed by atoms with Crippen molar-refractivity contribution in [2.75, 3.05) is 5.84 Å². The summed E-state index contributed by atoms with van der Waals surface area (Å²) in [4.78, 5) is 12.6. The molecule has 9 heteroatoms. The van der Waals surface area contributed by atoms with E-state index in [2.05, 4.69) is 15.5 Å². The Hall–Kier alpha value is -2.22. The van der Waals surface area contributed by atoms with Crippen molar-refractivity contribution >= 4 is 40.9 Å². The first-order valence-electron chi connectivity index (χ1n) is 8.95. The van der Waals surface area contributed by atoms with E-state index in [1.807, 2.05) is 38.1 Å². The van der Waals surface area contributed by atoms with Gasteiger partial charge in [-0.05, 0) is 38.5 Å². The summed E-state index contributed by atoms with van der Waals surface area (Å²) in [6.45, 7) is 5.67. The zero-order valence-corrected chi connectivity index (χ0v) is 18.5. The van der Waals surface area contributed by atoms with E-state index in [0.29, 0.717) is 21.0 Å². The second-order valence-electron chi connectivity index (χ2n) is 6.70. The lowest BCUT2D eigenvalue weighted by atomic mass is 10.1. The number of nitrogen functional groups attached to an aromatic ring is 1. The van der Waals surface area contributed by atoms with Crippen LogP contribution < -0.4 is 11.2 Å². The van der Waals surface area contributed by atoms with Gasteiger partial charge in [0.05, 0.1) is 11.3 Å². The Morgan fingerprint density at radius 1 is 1.14 bits per heavy atom. The number of hydrogen-bond donors (Lipinski definition) is 2. The van der Waals surface area contributed by atoms with Crippen molar-refractivity contribution in [1.29, 1.82) is 0 Å². The SMILES string of the molecule is Cc1ccc(-c2nnc(SC(C)C(=O)NC(C)c3ccc(Cl)cc3Cl)n2N)cc1. The topological polar surface area (TPSA) is 85.8 Å². The van der Waals surface area contributed by atoms with Crippen molar-refractivity contribution in [2.24, 2.45) is 0 Å². The van der Waals surface area contributed by atoms with Crippen molar-refractivity contribution < 1.29 is 4.79 Å². The van der Waals surface area contributed by atoms with Gasteiger partial charge < -0.3 is 11.2 Å². The fourth-order valence-corrected chi connectivity index (χ4v) is 4.08. The van der Waals surface area contributed by atoms with E-state index in [1.54, 1.807) is 25.1 Å². The largest absolute Gasteiger partial charge is 0.349 e. The number of aryl methyl sites for hydroxylation is 1. The Morgan fingerprint density at radius 3 is 2.48 bits per heavy atom. The third-order valence-corrected chi connectivity index (χ3v) is 6.03. The Balaban J connectivity index is 1.67. The van der Waals surface area contributed by atoms with Gasteiger partial charge in [-0.3, -0.25) is 4.79 Å². The van der Waals surface area contributed by atoms with Crippen molar-refractivity contribution in [3.05, 3.63) is 63.6 Å². The summed E-state index contributed by atoms with van der Waals surface area (Å²) in [5, 5.41) is 12.3. The molecule has 3 rings (SSSR count). The van der Waals surface area contributed by atoms with Crippen LogP contribution in [-0.2, 0) is 4.79 Å². The molecule has 2 unspecified atom stereocenters. The lowest BCUT2D eigenvalue weighted by Gasteiger charge is -2.18. The molecule has 29 heavy (non-hydrogen) atoms. The minimum Gasteiger partial charge on any atom is -0.349 e. The standard InChI is InChI=1S/C20H21Cl2N5OS/c1-11-4-6-14(7-5-11)18-25-26-20(27(18)23)29-13(3)19(28)24-12(2)16-9-8-15(21)10-17(16)22/h4-10,12-13H,23H2,1-3H3,(H,24,28). The minimum atomic E-state index is -0.430. The first kappa shape index (κ1) is 21.5. The zero-order valence-electron chi connectivity index (χ0n) is 16.2. The average Bonchev–Trinajstić information content (AvgIpc) is 3.02. The maximum Gasteiger partial charge on any atom is 0.233 e. The Kier molecular flexibility index (Phi) is 6.72. The van der Waals surface area contributed by atoms with E-state index in [4.69, 9.17) is 29.0 Å². The van der Waals surface area contributed by atoms with Crippen LogP contribution in [0.1, 0.15) is 31.0 Å². The van der Waals surface area contributed by atoms with Gasteiger partial charge in [0.25, 0.3) is 0 Å². The highest BCUT2D eigenvalue weighted by Crippen LogP contribution is 2.28. The molecule has 3 N–H and O–H groups in total. The number of carbonyl (C=O) groups excluding carboxylic acids is 1. The van der Waals surface area contributed by atoms with Crippen LogP contribution >= 0.6 is 35.0 Å². The van der Waals surface area contributed by atoms with E-state index in [9.17, 15) is 4.79 Å². The number of benzene rings is 2. The maximum atomic E-state index is 12.6. The monoisotopic (exact) mass is 449 g/mol. The van der Waals surface area contributed by atoms with Gasteiger partial charge in [-0.1, -0.05) is 70.9 Å². The number of hydrogen-bond acceptors (Lipinski definition) is 5. The van der Waals surface area contributed by atoms with Gasteiger partial charge >= 0.3 is 0 Å². The first-order chi connectivity index (χ1) is 13.8. The zero-order chi connectivity index (χ0) is 21.1. The molecular weight excluding hydrogens is 429 g/mol. The number of nitrogens with one attached hydrogen (secondary N) is 1. The van der Waals surface area contributed by atoms with Crippen molar-refractivity contribution in [3.63, 3.8) is 0 Å². The third-order valence-electron chi connectivity index (χ3n) is 4.41. The number of carbonyl (C=O) groups is 1. The summed E-state index contributed by atoms with van der Waals surface area (Å²) in [5.74, 6) is 6.54. The Labute approximate surface area is 183 Å². The third kappa shape index (κ3) is 5.04. The molecular formula is C20H21Cl2N5OS. The number of rotatable bonds is 6. The molecule has 0 fully saturated rings. The van der Waals surface area contributed by atoms with Crippen LogP contribution in [0.5, 0.6) is 0 Å². The van der Waals surface area contributed by atoms with Crippen LogP contribution in [0.25, 0.3) is 11.4 Å². The highest BCUT2D eigenvalue weighted by Gasteiger charge is 2.22. The fourth-order valence-electron chi connectivity index (χ4n) is 2.73. The normalized spacial score (nSPS) is 13.1. The van der Waals surface area contributed by atoms with Crippen LogP contribution in [-0.4, -0.2) is 26.0 Å². The Morgan fingerprint density at radius 2 is 1.83 bits per heavy atom. The van der Waals surface area contributed by atoms with Crippen LogP contribution in [0, 0.1) is 6.92 Å². The molecule has 2 atom stereocenters. The number of aromatic nitrogens is 3. The number of nitrogens with zero attached hydrogens (tertiary/aromatic N) is 3. The summed E-state index contributed by atoms with van der Waals surface area (Å²) in [6.07, 6.45) is 0. The summed E-state index contributed by atoms with van der Waals surface area (Å²) in [7, 11) is 0. The number of amides is 1. The smallest absolute Gasteiger partial charge is 0.233 e. The highest BCUT2D eigenvalue weighted by molar-refractivity contribution is 8.00. The summed E-state index contributed by atoms with van der Waals surface area (Å²) in [5.41, 5.74) is 2.80. The highest BCUT2D eigenvalue weighted by atomic mass is 35.5. The number of halogens is 2. The lowest BCUT2D eigenvalue weighted by molar-refractivity contribution is -0.120. The van der Waals surface area contributed by atoms with E-state index in [1.165, 1.54) is 16.4 Å². The second-order valence-corrected chi connectivity index (χ2v) is 8.85. The van der Waals surface area contributed by atoms with E-state index in [0.717, 1.165) is 16.7 Å². The molecule has 0 aliphatic rings. The van der Waals surface area contributed by atoms with E-state index >= 15 is 0 Å². The van der Waals surface area contributed by atoms with E-state index in [-0.39, 0.29) is 11.9 Å². The van der Waals surface area contributed by atoms with Crippen LogP contribution in [0.3, 0.4) is 0 Å². The molecule has 0 spiro atoms. The van der Waals surface area contributed by atoms with Crippen LogP contribution in [0.4, 0.5) is 0 Å². The minimum absolute atomic E-state index is 0.159. The number of thioether (sulfide) groups is 1. The molecule has 1 heterocycles. The molecule has 1 amide bonds. The second kappa shape index (κ2) is 9.07. The lowest BCUT2D eigenvalue weighted by Crippen LogP contribution is -2.33. The molecule has 152 valence electrons. The average molecular weight is 450 g/mol. The predicted octanol–water partition coefficient (Wildman–Crippen LogP) is 4.63. The Bertz CT molecular complexity index is 1020. The molecule has 6 nitrogen and oxygen atoms in total. The quantitative estimate of drug-likeness (QED) is 0.423. The van der Waals surface area contributed by atoms with Crippen LogP contribution in [0.2, 0.25) is 10.0 Å². The molecule has 0 aliphatic heterocycles. The molecule has 0 saturated heterocycles. The van der Waals surface area contributed by atoms with E-state index < -0.39 is 5.25 Å². The molecule has 3 aromatic rings. The fraction of sp³-hybridized carbons (Fsp3) is 0.250. The van der Waals surface area contributed by atoms with Gasteiger partial charge in [-0.25, -0.2) is 4.68 Å².